The van der Waals surface area contributed by atoms with E-state index in [1.165, 1.54) is 0 Å². The van der Waals surface area contributed by atoms with Gasteiger partial charge in [0.05, 0.1) is 15.7 Å². The van der Waals surface area contributed by atoms with E-state index in [0.717, 1.165) is 25.2 Å². The molecule has 0 bridgehead atoms. The zero-order valence-electron chi connectivity index (χ0n) is 10.5. The molecule has 0 heterocycles. The minimum Gasteiger partial charge on any atom is -0.396 e. The van der Waals surface area contributed by atoms with Crippen molar-refractivity contribution < 1.29 is 0 Å². The molecular formula is C12H19Cl2N3. The van der Waals surface area contributed by atoms with E-state index in [0.29, 0.717) is 15.7 Å². The van der Waals surface area contributed by atoms with Crippen LogP contribution in [-0.2, 0) is 6.54 Å². The second-order valence-electron chi connectivity index (χ2n) is 4.51. The van der Waals surface area contributed by atoms with Crippen molar-refractivity contribution in [1.82, 2.24) is 9.80 Å². The zero-order valence-corrected chi connectivity index (χ0v) is 12.0. The van der Waals surface area contributed by atoms with Gasteiger partial charge in [-0.05, 0) is 38.8 Å². The van der Waals surface area contributed by atoms with E-state index >= 15 is 0 Å². The summed E-state index contributed by atoms with van der Waals surface area (Å²) in [6, 6.07) is 3.74. The Kier molecular flexibility index (Phi) is 5.53. The first-order valence-electron chi connectivity index (χ1n) is 5.47. The minimum atomic E-state index is 0.452. The summed E-state index contributed by atoms with van der Waals surface area (Å²) in [7, 11) is 6.19. The molecule has 17 heavy (non-hydrogen) atoms. The van der Waals surface area contributed by atoms with Crippen molar-refractivity contribution in [3.05, 3.63) is 27.7 Å². The third-order valence-electron chi connectivity index (χ3n) is 2.52. The highest BCUT2D eigenvalue weighted by Gasteiger charge is 2.07. The maximum Gasteiger partial charge on any atom is 0.0693 e. The van der Waals surface area contributed by atoms with Gasteiger partial charge in [0.15, 0.2) is 0 Å². The van der Waals surface area contributed by atoms with Crippen LogP contribution in [0.15, 0.2) is 12.1 Å². The molecule has 5 heteroatoms. The molecule has 96 valence electrons. The summed E-state index contributed by atoms with van der Waals surface area (Å²) in [5.74, 6) is 0. The molecule has 1 rings (SSSR count). The summed E-state index contributed by atoms with van der Waals surface area (Å²) >= 11 is 12.0. The molecule has 0 fully saturated rings. The first kappa shape index (κ1) is 14.6. The molecular weight excluding hydrogens is 257 g/mol. The Morgan fingerprint density at radius 1 is 1.06 bits per heavy atom. The molecule has 0 aliphatic heterocycles. The predicted molar refractivity (Wildman–Crippen MR) is 75.8 cm³/mol. The van der Waals surface area contributed by atoms with Crippen molar-refractivity contribution in [2.45, 2.75) is 6.54 Å². The fourth-order valence-corrected chi connectivity index (χ4v) is 2.02. The normalized spacial score (nSPS) is 11.5. The quantitative estimate of drug-likeness (QED) is 0.839. The van der Waals surface area contributed by atoms with Crippen molar-refractivity contribution in [2.75, 3.05) is 40.0 Å². The van der Waals surface area contributed by atoms with Gasteiger partial charge in [0.1, 0.15) is 0 Å². The summed E-state index contributed by atoms with van der Waals surface area (Å²) in [6.07, 6.45) is 0. The topological polar surface area (TPSA) is 32.5 Å². The zero-order chi connectivity index (χ0) is 13.0. The molecule has 0 aromatic heterocycles. The fraction of sp³-hybridized carbons (Fsp3) is 0.500. The van der Waals surface area contributed by atoms with Crippen LogP contribution in [0.5, 0.6) is 0 Å². The number of hydrogen-bond donors (Lipinski definition) is 1. The lowest BCUT2D eigenvalue weighted by molar-refractivity contribution is 0.276. The van der Waals surface area contributed by atoms with Gasteiger partial charge >= 0.3 is 0 Å². The van der Waals surface area contributed by atoms with Crippen LogP contribution in [-0.4, -0.2) is 44.0 Å². The van der Waals surface area contributed by atoms with Crippen LogP contribution in [0, 0.1) is 0 Å². The highest BCUT2D eigenvalue weighted by atomic mass is 35.5. The van der Waals surface area contributed by atoms with Crippen molar-refractivity contribution in [1.29, 1.82) is 0 Å². The maximum atomic E-state index is 5.99. The lowest BCUT2D eigenvalue weighted by Gasteiger charge is -2.19. The van der Waals surface area contributed by atoms with E-state index in [2.05, 4.69) is 30.9 Å². The van der Waals surface area contributed by atoms with Crippen LogP contribution >= 0.6 is 23.2 Å². The Balaban J connectivity index is 2.62. The van der Waals surface area contributed by atoms with Gasteiger partial charge in [0, 0.05) is 19.6 Å². The molecule has 2 N–H and O–H groups in total. The van der Waals surface area contributed by atoms with Crippen LogP contribution in [0.2, 0.25) is 10.0 Å². The smallest absolute Gasteiger partial charge is 0.0693 e. The molecule has 0 aliphatic rings. The lowest BCUT2D eigenvalue weighted by Crippen LogP contribution is -2.28. The van der Waals surface area contributed by atoms with Crippen LogP contribution < -0.4 is 5.73 Å². The van der Waals surface area contributed by atoms with Gasteiger partial charge in [-0.3, -0.25) is 0 Å². The van der Waals surface area contributed by atoms with Crippen LogP contribution in [0.1, 0.15) is 5.56 Å². The largest absolute Gasteiger partial charge is 0.396 e. The molecule has 0 radical (unpaired) electrons. The molecule has 3 nitrogen and oxygen atoms in total. The van der Waals surface area contributed by atoms with Gasteiger partial charge in [-0.25, -0.2) is 0 Å². The average molecular weight is 276 g/mol. The highest BCUT2D eigenvalue weighted by molar-refractivity contribution is 6.38. The highest BCUT2D eigenvalue weighted by Crippen LogP contribution is 2.29. The van der Waals surface area contributed by atoms with Gasteiger partial charge in [-0.1, -0.05) is 23.2 Å². The third-order valence-corrected chi connectivity index (χ3v) is 3.15. The van der Waals surface area contributed by atoms with E-state index in [9.17, 15) is 0 Å². The Hall–Kier alpha value is -0.480. The molecule has 0 aliphatic carbocycles. The lowest BCUT2D eigenvalue weighted by atomic mass is 10.2. The van der Waals surface area contributed by atoms with Gasteiger partial charge < -0.3 is 15.5 Å². The predicted octanol–water partition coefficient (Wildman–Crippen LogP) is 2.57. The average Bonchev–Trinajstić information content (AvgIpc) is 2.23. The summed E-state index contributed by atoms with van der Waals surface area (Å²) in [6.45, 7) is 2.83. The molecule has 0 atom stereocenters. The Bertz CT molecular complexity index is 357. The summed E-state index contributed by atoms with van der Waals surface area (Å²) in [4.78, 5) is 4.37. The van der Waals surface area contributed by atoms with Crippen molar-refractivity contribution in [3.8, 4) is 0 Å². The first-order chi connectivity index (χ1) is 7.90. The molecule has 0 unspecified atom stereocenters. The summed E-state index contributed by atoms with van der Waals surface area (Å²) in [5, 5.41) is 1.04. The molecule has 1 aromatic rings. The summed E-state index contributed by atoms with van der Waals surface area (Å²) < 4.78 is 0. The first-order valence-corrected chi connectivity index (χ1v) is 6.22. The Morgan fingerprint density at radius 3 is 2.06 bits per heavy atom. The third kappa shape index (κ3) is 4.72. The number of hydrogen-bond acceptors (Lipinski definition) is 3. The molecule has 1 aromatic carbocycles. The maximum absolute atomic E-state index is 5.99. The van der Waals surface area contributed by atoms with Crippen molar-refractivity contribution >= 4 is 28.9 Å². The number of halogens is 2. The standard InChI is InChI=1S/C12H19Cl2N3/c1-16(2)4-5-17(3)8-9-6-10(13)12(15)11(14)7-9/h6-7H,4-5,8,15H2,1-3H3. The van der Waals surface area contributed by atoms with Crippen molar-refractivity contribution in [3.63, 3.8) is 0 Å². The van der Waals surface area contributed by atoms with Gasteiger partial charge in [-0.2, -0.15) is 0 Å². The second kappa shape index (κ2) is 6.45. The Labute approximate surface area is 113 Å². The Morgan fingerprint density at radius 2 is 1.59 bits per heavy atom. The number of rotatable bonds is 5. The van der Waals surface area contributed by atoms with E-state index in [4.69, 9.17) is 28.9 Å². The number of benzene rings is 1. The van der Waals surface area contributed by atoms with Crippen LogP contribution in [0.25, 0.3) is 0 Å². The molecule has 0 amide bonds. The molecule has 0 saturated carbocycles. The SMILES string of the molecule is CN(C)CCN(C)Cc1cc(Cl)c(N)c(Cl)c1. The second-order valence-corrected chi connectivity index (χ2v) is 5.33. The monoisotopic (exact) mass is 275 g/mol. The van der Waals surface area contributed by atoms with Gasteiger partial charge in [0.25, 0.3) is 0 Å². The van der Waals surface area contributed by atoms with E-state index < -0.39 is 0 Å². The number of nitrogen functional groups attached to an aromatic ring is 1. The number of nitrogens with zero attached hydrogens (tertiary/aromatic N) is 2. The van der Waals surface area contributed by atoms with E-state index in [-0.39, 0.29) is 0 Å². The van der Waals surface area contributed by atoms with E-state index in [1.54, 1.807) is 0 Å². The van der Waals surface area contributed by atoms with E-state index in [1.807, 2.05) is 12.1 Å². The molecule has 0 spiro atoms. The van der Waals surface area contributed by atoms with Crippen molar-refractivity contribution in [2.24, 2.45) is 0 Å². The number of anilines is 1. The minimum absolute atomic E-state index is 0.452. The van der Waals surface area contributed by atoms with Gasteiger partial charge in [-0.15, -0.1) is 0 Å². The van der Waals surface area contributed by atoms with Gasteiger partial charge in [0.2, 0.25) is 0 Å². The molecule has 0 saturated heterocycles. The van der Waals surface area contributed by atoms with Crippen LogP contribution in [0.4, 0.5) is 5.69 Å². The fourth-order valence-electron chi connectivity index (χ4n) is 1.49. The summed E-state index contributed by atoms with van der Waals surface area (Å²) in [5.41, 5.74) is 7.23. The number of likely N-dealkylation sites (N-methyl/N-ethyl adjacent to an activating group) is 2. The van der Waals surface area contributed by atoms with Crippen LogP contribution in [0.3, 0.4) is 0 Å². The number of nitrogens with two attached hydrogens (primary N) is 1.